The van der Waals surface area contributed by atoms with Gasteiger partial charge in [0.1, 0.15) is 0 Å². The largest absolute Gasteiger partial charge is 0.452 e. The third-order valence-electron chi connectivity index (χ3n) is 3.50. The third-order valence-corrected chi connectivity index (χ3v) is 3.50. The van der Waals surface area contributed by atoms with Crippen LogP contribution in [0, 0.1) is 13.8 Å². The molecule has 0 aliphatic carbocycles. The third kappa shape index (κ3) is 5.94. The zero-order valence-electron chi connectivity index (χ0n) is 14.7. The number of primary amides is 1. The van der Waals surface area contributed by atoms with Gasteiger partial charge >= 0.3 is 12.0 Å². The number of nitrogens with one attached hydrogen (secondary N) is 2. The molecule has 2 aromatic rings. The number of amides is 3. The molecular formula is C19H21N3O4. The number of carbonyl (C=O) groups is 3. The first-order chi connectivity index (χ1) is 12.3. The van der Waals surface area contributed by atoms with Crippen molar-refractivity contribution < 1.29 is 19.1 Å². The zero-order chi connectivity index (χ0) is 19.1. The average molecular weight is 355 g/mol. The van der Waals surface area contributed by atoms with Crippen LogP contribution in [-0.4, -0.2) is 24.5 Å². The summed E-state index contributed by atoms with van der Waals surface area (Å²) < 4.78 is 5.02. The van der Waals surface area contributed by atoms with E-state index in [-0.39, 0.29) is 13.2 Å². The van der Waals surface area contributed by atoms with Crippen molar-refractivity contribution in [2.45, 2.75) is 20.4 Å². The highest BCUT2D eigenvalue weighted by Gasteiger charge is 2.11. The molecule has 7 heteroatoms. The number of benzene rings is 2. The molecule has 0 heterocycles. The van der Waals surface area contributed by atoms with Crippen LogP contribution in [0.2, 0.25) is 0 Å². The molecule has 2 rings (SSSR count). The molecule has 0 spiro atoms. The van der Waals surface area contributed by atoms with E-state index in [0.717, 1.165) is 16.7 Å². The van der Waals surface area contributed by atoms with Crippen molar-refractivity contribution in [1.29, 1.82) is 0 Å². The summed E-state index contributed by atoms with van der Waals surface area (Å²) in [5.41, 5.74) is 8.82. The molecule has 26 heavy (non-hydrogen) atoms. The lowest BCUT2D eigenvalue weighted by atomic mass is 10.1. The Morgan fingerprint density at radius 1 is 1.00 bits per heavy atom. The quantitative estimate of drug-likeness (QED) is 0.690. The van der Waals surface area contributed by atoms with Gasteiger partial charge in [0.25, 0.3) is 5.91 Å². The number of esters is 1. The highest BCUT2D eigenvalue weighted by molar-refractivity contribution is 5.95. The average Bonchev–Trinajstić information content (AvgIpc) is 2.57. The van der Waals surface area contributed by atoms with E-state index in [9.17, 15) is 14.4 Å². The van der Waals surface area contributed by atoms with Crippen LogP contribution in [0.25, 0.3) is 0 Å². The number of aryl methyl sites for hydroxylation is 2. The lowest BCUT2D eigenvalue weighted by molar-refractivity contribution is -0.119. The fraction of sp³-hybridized carbons (Fsp3) is 0.211. The minimum Gasteiger partial charge on any atom is -0.452 e. The smallest absolute Gasteiger partial charge is 0.338 e. The monoisotopic (exact) mass is 355 g/mol. The summed E-state index contributed by atoms with van der Waals surface area (Å²) in [6.45, 7) is 3.76. The first-order valence-electron chi connectivity index (χ1n) is 8.01. The van der Waals surface area contributed by atoms with Gasteiger partial charge in [-0.15, -0.1) is 0 Å². The Morgan fingerprint density at radius 2 is 1.62 bits per heavy atom. The lowest BCUT2D eigenvalue weighted by Gasteiger charge is -2.09. The van der Waals surface area contributed by atoms with Crippen molar-refractivity contribution in [3.63, 3.8) is 0 Å². The van der Waals surface area contributed by atoms with E-state index in [1.54, 1.807) is 24.3 Å². The van der Waals surface area contributed by atoms with Gasteiger partial charge in [0.05, 0.1) is 5.56 Å². The Morgan fingerprint density at radius 3 is 2.19 bits per heavy atom. The van der Waals surface area contributed by atoms with E-state index in [1.165, 1.54) is 0 Å². The molecule has 4 N–H and O–H groups in total. The van der Waals surface area contributed by atoms with E-state index in [4.69, 9.17) is 10.5 Å². The maximum absolute atomic E-state index is 12.0. The van der Waals surface area contributed by atoms with Crippen molar-refractivity contribution in [2.24, 2.45) is 5.73 Å². The molecule has 0 aromatic heterocycles. The van der Waals surface area contributed by atoms with Gasteiger partial charge in [-0.25, -0.2) is 9.59 Å². The number of anilines is 1. The van der Waals surface area contributed by atoms with Gasteiger partial charge in [0.2, 0.25) is 0 Å². The molecule has 0 saturated carbocycles. The minimum absolute atomic E-state index is 0.267. The topological polar surface area (TPSA) is 111 Å². The number of nitrogens with two attached hydrogens (primary N) is 1. The fourth-order valence-corrected chi connectivity index (χ4v) is 2.41. The second kappa shape index (κ2) is 8.66. The van der Waals surface area contributed by atoms with Gasteiger partial charge in [-0.1, -0.05) is 18.2 Å². The van der Waals surface area contributed by atoms with Crippen LogP contribution in [0.4, 0.5) is 10.5 Å². The number of carbonyl (C=O) groups excluding carboxylic acids is 3. The Bertz CT molecular complexity index is 796. The summed E-state index contributed by atoms with van der Waals surface area (Å²) in [6, 6.07) is 11.5. The van der Waals surface area contributed by atoms with Crippen LogP contribution in [0.5, 0.6) is 0 Å². The van der Waals surface area contributed by atoms with Crippen LogP contribution >= 0.6 is 0 Å². The number of hydrogen-bond acceptors (Lipinski definition) is 4. The van der Waals surface area contributed by atoms with Crippen LogP contribution in [0.1, 0.15) is 27.0 Å². The zero-order valence-corrected chi connectivity index (χ0v) is 14.7. The predicted octanol–water partition coefficient (Wildman–Crippen LogP) is 2.27. The van der Waals surface area contributed by atoms with Crippen molar-refractivity contribution in [1.82, 2.24) is 5.32 Å². The standard InChI is InChI=1S/C19H21N3O4/c1-12-7-13(2)9-16(8-12)22-17(23)11-26-18(24)15-5-3-14(4-6-15)10-21-19(20)25/h3-9H,10-11H2,1-2H3,(H,22,23)(H3,20,21,25). The summed E-state index contributed by atoms with van der Waals surface area (Å²) in [4.78, 5) is 34.6. The Balaban J connectivity index is 1.85. The molecule has 7 nitrogen and oxygen atoms in total. The molecule has 0 aliphatic rings. The van der Waals surface area contributed by atoms with Gasteiger partial charge in [-0.3, -0.25) is 4.79 Å². The molecule has 136 valence electrons. The minimum atomic E-state index is -0.622. The summed E-state index contributed by atoms with van der Waals surface area (Å²) in [6.07, 6.45) is 0. The van der Waals surface area contributed by atoms with E-state index in [1.807, 2.05) is 32.0 Å². The molecule has 0 bridgehead atoms. The van der Waals surface area contributed by atoms with Gasteiger partial charge in [-0.05, 0) is 54.8 Å². The first kappa shape index (κ1) is 19.0. The van der Waals surface area contributed by atoms with Crippen molar-refractivity contribution in [3.8, 4) is 0 Å². The fourth-order valence-electron chi connectivity index (χ4n) is 2.41. The number of hydrogen-bond donors (Lipinski definition) is 3. The van der Waals surface area contributed by atoms with Gasteiger partial charge in [0.15, 0.2) is 6.61 Å². The summed E-state index contributed by atoms with van der Waals surface area (Å²) in [5.74, 6) is -1.01. The van der Waals surface area contributed by atoms with Crippen LogP contribution in [0.15, 0.2) is 42.5 Å². The summed E-state index contributed by atoms with van der Waals surface area (Å²) in [5, 5.41) is 5.15. The summed E-state index contributed by atoms with van der Waals surface area (Å²) in [7, 11) is 0. The van der Waals surface area contributed by atoms with Crippen LogP contribution < -0.4 is 16.4 Å². The summed E-state index contributed by atoms with van der Waals surface area (Å²) >= 11 is 0. The predicted molar refractivity (Wildman–Crippen MR) is 97.7 cm³/mol. The second-order valence-corrected chi connectivity index (χ2v) is 5.92. The van der Waals surface area contributed by atoms with E-state index in [0.29, 0.717) is 11.3 Å². The molecule has 0 aliphatic heterocycles. The highest BCUT2D eigenvalue weighted by atomic mass is 16.5. The number of urea groups is 1. The van der Waals surface area contributed by atoms with E-state index < -0.39 is 17.9 Å². The van der Waals surface area contributed by atoms with Crippen LogP contribution in [-0.2, 0) is 16.1 Å². The van der Waals surface area contributed by atoms with Crippen molar-refractivity contribution >= 4 is 23.6 Å². The Kier molecular flexibility index (Phi) is 6.32. The highest BCUT2D eigenvalue weighted by Crippen LogP contribution is 2.13. The maximum atomic E-state index is 12.0. The molecule has 2 aromatic carbocycles. The molecule has 0 saturated heterocycles. The van der Waals surface area contributed by atoms with Crippen molar-refractivity contribution in [3.05, 3.63) is 64.7 Å². The van der Waals surface area contributed by atoms with Crippen molar-refractivity contribution in [2.75, 3.05) is 11.9 Å². The Labute approximate surface area is 151 Å². The van der Waals surface area contributed by atoms with Gasteiger partial charge in [0, 0.05) is 12.2 Å². The SMILES string of the molecule is Cc1cc(C)cc(NC(=O)COC(=O)c2ccc(CNC(N)=O)cc2)c1. The maximum Gasteiger partial charge on any atom is 0.338 e. The lowest BCUT2D eigenvalue weighted by Crippen LogP contribution is -2.28. The molecular weight excluding hydrogens is 334 g/mol. The van der Waals surface area contributed by atoms with Gasteiger partial charge in [-0.2, -0.15) is 0 Å². The number of ether oxygens (including phenoxy) is 1. The first-order valence-corrected chi connectivity index (χ1v) is 8.01. The van der Waals surface area contributed by atoms with E-state index >= 15 is 0 Å². The number of rotatable bonds is 6. The molecule has 0 radical (unpaired) electrons. The second-order valence-electron chi connectivity index (χ2n) is 5.92. The molecule has 0 fully saturated rings. The Hall–Kier alpha value is -3.35. The van der Waals surface area contributed by atoms with E-state index in [2.05, 4.69) is 10.6 Å². The molecule has 0 atom stereocenters. The van der Waals surface area contributed by atoms with Gasteiger partial charge < -0.3 is 21.1 Å². The molecule has 0 unspecified atom stereocenters. The molecule has 3 amide bonds. The normalized spacial score (nSPS) is 10.1. The van der Waals surface area contributed by atoms with Crippen LogP contribution in [0.3, 0.4) is 0 Å².